The van der Waals surface area contributed by atoms with Crippen LogP contribution in [0.5, 0.6) is 0 Å². The minimum Gasteiger partial charge on any atom is -0.397 e. The topological polar surface area (TPSA) is 115 Å². The number of nitrogens with zero attached hydrogens (tertiary/aromatic N) is 3. The molecule has 1 heterocycles. The Morgan fingerprint density at radius 3 is 2.75 bits per heavy atom. The fraction of sp³-hybridized carbons (Fsp3) is 0.273. The molecule has 0 saturated heterocycles. The molecule has 0 atom stereocenters. The maximum absolute atomic E-state index is 11.7. The molecule has 0 amide bonds. The van der Waals surface area contributed by atoms with Gasteiger partial charge in [-0.25, -0.2) is 18.1 Å². The van der Waals surface area contributed by atoms with Gasteiger partial charge in [-0.2, -0.15) is 5.10 Å². The average Bonchev–Trinajstić information content (AvgIpc) is 2.83. The van der Waals surface area contributed by atoms with E-state index in [1.54, 1.807) is 24.1 Å². The van der Waals surface area contributed by atoms with Crippen molar-refractivity contribution in [2.24, 2.45) is 7.05 Å². The van der Waals surface area contributed by atoms with Gasteiger partial charge in [0.1, 0.15) is 6.33 Å². The van der Waals surface area contributed by atoms with E-state index in [9.17, 15) is 8.42 Å². The molecule has 0 unspecified atom stereocenters. The summed E-state index contributed by atoms with van der Waals surface area (Å²) in [5, 5.41) is 7.14. The lowest BCUT2D eigenvalue weighted by atomic mass is 10.2. The minimum absolute atomic E-state index is 0.144. The zero-order valence-corrected chi connectivity index (χ0v) is 12.0. The highest BCUT2D eigenvalue weighted by atomic mass is 32.2. The zero-order chi connectivity index (χ0) is 14.8. The van der Waals surface area contributed by atoms with Crippen molar-refractivity contribution in [3.8, 4) is 0 Å². The number of anilines is 2. The first-order chi connectivity index (χ1) is 9.42. The van der Waals surface area contributed by atoms with Gasteiger partial charge >= 0.3 is 0 Å². The Hall–Kier alpha value is -2.13. The molecule has 0 bridgehead atoms. The van der Waals surface area contributed by atoms with Crippen LogP contribution in [-0.4, -0.2) is 30.2 Å². The lowest BCUT2D eigenvalue weighted by Crippen LogP contribution is -2.19. The molecule has 1 aromatic heterocycles. The summed E-state index contributed by atoms with van der Waals surface area (Å²) in [6, 6.07) is 4.47. The third-order valence-electron chi connectivity index (χ3n) is 2.69. The van der Waals surface area contributed by atoms with Gasteiger partial charge in [-0.3, -0.25) is 4.68 Å². The fourth-order valence-electron chi connectivity index (χ4n) is 1.61. The van der Waals surface area contributed by atoms with Crippen molar-refractivity contribution in [3.05, 3.63) is 30.4 Å². The average molecular weight is 296 g/mol. The van der Waals surface area contributed by atoms with E-state index in [0.717, 1.165) is 0 Å². The van der Waals surface area contributed by atoms with Crippen LogP contribution in [0.4, 0.5) is 11.4 Å². The van der Waals surface area contributed by atoms with Crippen LogP contribution in [0, 0.1) is 0 Å². The number of benzene rings is 1. The number of nitrogens with two attached hydrogens (primary N) is 1. The van der Waals surface area contributed by atoms with Gasteiger partial charge in [-0.05, 0) is 25.2 Å². The van der Waals surface area contributed by atoms with E-state index < -0.39 is 10.0 Å². The smallest absolute Gasteiger partial charge is 0.240 e. The number of hydrogen-bond donors (Lipinski definition) is 3. The molecular formula is C11H16N6O2S. The van der Waals surface area contributed by atoms with E-state index >= 15 is 0 Å². The summed E-state index contributed by atoms with van der Waals surface area (Å²) in [4.78, 5) is 4.21. The first-order valence-corrected chi connectivity index (χ1v) is 7.32. The maximum atomic E-state index is 11.7. The second-order valence-corrected chi connectivity index (χ2v) is 6.03. The van der Waals surface area contributed by atoms with E-state index in [-0.39, 0.29) is 4.90 Å². The molecule has 0 saturated carbocycles. The first kappa shape index (κ1) is 14.3. The van der Waals surface area contributed by atoms with E-state index in [0.29, 0.717) is 23.7 Å². The van der Waals surface area contributed by atoms with Crippen molar-refractivity contribution in [1.82, 2.24) is 19.5 Å². The summed E-state index contributed by atoms with van der Waals surface area (Å²) in [7, 11) is -0.371. The summed E-state index contributed by atoms with van der Waals surface area (Å²) in [5.74, 6) is 0.591. The van der Waals surface area contributed by atoms with Gasteiger partial charge in [0.05, 0.1) is 22.8 Å². The molecule has 0 aliphatic carbocycles. The van der Waals surface area contributed by atoms with Gasteiger partial charge in [0.15, 0.2) is 5.82 Å². The lowest BCUT2D eigenvalue weighted by molar-refractivity contribution is 0.588. The highest BCUT2D eigenvalue weighted by molar-refractivity contribution is 7.89. The molecule has 20 heavy (non-hydrogen) atoms. The normalized spacial score (nSPS) is 11.5. The van der Waals surface area contributed by atoms with Crippen LogP contribution in [-0.2, 0) is 23.6 Å². The summed E-state index contributed by atoms with van der Waals surface area (Å²) in [6.07, 6.45) is 1.59. The largest absolute Gasteiger partial charge is 0.397 e. The Morgan fingerprint density at radius 1 is 1.40 bits per heavy atom. The summed E-state index contributed by atoms with van der Waals surface area (Å²) < 4.78 is 27.3. The molecule has 9 heteroatoms. The van der Waals surface area contributed by atoms with Crippen molar-refractivity contribution >= 4 is 21.4 Å². The second kappa shape index (κ2) is 5.47. The Labute approximate surface area is 117 Å². The van der Waals surface area contributed by atoms with Crippen molar-refractivity contribution in [3.63, 3.8) is 0 Å². The van der Waals surface area contributed by atoms with Crippen molar-refractivity contribution < 1.29 is 8.42 Å². The van der Waals surface area contributed by atoms with Crippen molar-refractivity contribution in [1.29, 1.82) is 0 Å². The second-order valence-electron chi connectivity index (χ2n) is 4.14. The van der Waals surface area contributed by atoms with Crippen LogP contribution in [0.15, 0.2) is 29.4 Å². The van der Waals surface area contributed by atoms with Crippen LogP contribution in [0.25, 0.3) is 0 Å². The van der Waals surface area contributed by atoms with Crippen molar-refractivity contribution in [2.45, 2.75) is 11.4 Å². The number of aryl methyl sites for hydroxylation is 1. The lowest BCUT2D eigenvalue weighted by Gasteiger charge is -2.10. The van der Waals surface area contributed by atoms with Gasteiger partial charge in [0.2, 0.25) is 10.0 Å². The molecule has 0 spiro atoms. The predicted molar refractivity (Wildman–Crippen MR) is 75.4 cm³/mol. The summed E-state index contributed by atoms with van der Waals surface area (Å²) in [6.45, 7) is 0.355. The van der Waals surface area contributed by atoms with E-state index in [1.165, 1.54) is 19.2 Å². The Balaban J connectivity index is 2.21. The van der Waals surface area contributed by atoms with Crippen LogP contribution in [0.2, 0.25) is 0 Å². The molecular weight excluding hydrogens is 280 g/mol. The van der Waals surface area contributed by atoms with E-state index in [1.807, 2.05) is 0 Å². The number of aromatic nitrogens is 3. The number of nitrogens with one attached hydrogen (secondary N) is 2. The maximum Gasteiger partial charge on any atom is 0.240 e. The molecule has 4 N–H and O–H groups in total. The highest BCUT2D eigenvalue weighted by Gasteiger charge is 2.13. The third-order valence-corrected chi connectivity index (χ3v) is 4.10. The third kappa shape index (κ3) is 3.06. The summed E-state index contributed by atoms with van der Waals surface area (Å²) >= 11 is 0. The van der Waals surface area contributed by atoms with Crippen molar-refractivity contribution in [2.75, 3.05) is 18.1 Å². The van der Waals surface area contributed by atoms with Crippen LogP contribution < -0.4 is 15.8 Å². The van der Waals surface area contributed by atoms with Gasteiger partial charge in [-0.15, -0.1) is 0 Å². The number of nitrogen functional groups attached to an aromatic ring is 1. The standard InChI is InChI=1S/C11H16N6O2S/c1-13-20(18,19)8-3-4-9(12)10(5-8)14-6-11-15-7-17(2)16-11/h3-5,7,13-14H,6,12H2,1-2H3. The molecule has 108 valence electrons. The Bertz CT molecular complexity index is 709. The monoisotopic (exact) mass is 296 g/mol. The quantitative estimate of drug-likeness (QED) is 0.665. The Kier molecular flexibility index (Phi) is 3.91. The van der Waals surface area contributed by atoms with Gasteiger partial charge < -0.3 is 11.1 Å². The number of hydrogen-bond acceptors (Lipinski definition) is 6. The molecule has 8 nitrogen and oxygen atoms in total. The van der Waals surface area contributed by atoms with Gasteiger partial charge in [-0.1, -0.05) is 0 Å². The number of sulfonamides is 1. The molecule has 0 fully saturated rings. The first-order valence-electron chi connectivity index (χ1n) is 5.84. The van der Waals surface area contributed by atoms with Gasteiger partial charge in [0.25, 0.3) is 0 Å². The summed E-state index contributed by atoms with van der Waals surface area (Å²) in [5.41, 5.74) is 6.80. The predicted octanol–water partition coefficient (Wildman–Crippen LogP) is -0.0825. The number of rotatable bonds is 5. The molecule has 2 aromatic rings. The SMILES string of the molecule is CNS(=O)(=O)c1ccc(N)c(NCc2ncn(C)n2)c1. The fourth-order valence-corrected chi connectivity index (χ4v) is 2.37. The highest BCUT2D eigenvalue weighted by Crippen LogP contribution is 2.23. The minimum atomic E-state index is -3.50. The Morgan fingerprint density at radius 2 is 2.15 bits per heavy atom. The van der Waals surface area contributed by atoms with Gasteiger partial charge in [0, 0.05) is 7.05 Å². The van der Waals surface area contributed by atoms with Crippen LogP contribution >= 0.6 is 0 Å². The van der Waals surface area contributed by atoms with E-state index in [4.69, 9.17) is 5.73 Å². The molecule has 0 aliphatic rings. The molecule has 0 radical (unpaired) electrons. The molecule has 2 rings (SSSR count). The van der Waals surface area contributed by atoms with E-state index in [2.05, 4.69) is 20.1 Å². The van der Waals surface area contributed by atoms with Crippen LogP contribution in [0.3, 0.4) is 0 Å². The van der Waals surface area contributed by atoms with Crippen LogP contribution in [0.1, 0.15) is 5.82 Å². The molecule has 0 aliphatic heterocycles. The zero-order valence-electron chi connectivity index (χ0n) is 11.2. The molecule has 1 aromatic carbocycles.